The smallest absolute Gasteiger partial charge is 0.313 e. The maximum Gasteiger partial charge on any atom is 0.313 e. The third kappa shape index (κ3) is 3.28. The monoisotopic (exact) mass is 295 g/mol. The number of aromatic nitrogens is 1. The van der Waals surface area contributed by atoms with E-state index in [1.807, 2.05) is 6.92 Å². The molecule has 0 unspecified atom stereocenters. The first-order valence-electron chi connectivity index (χ1n) is 6.24. The number of nitro benzene ring substituents is 1. The van der Waals surface area contributed by atoms with Crippen molar-refractivity contribution in [3.05, 3.63) is 45.9 Å². The van der Waals surface area contributed by atoms with Gasteiger partial charge in [0, 0.05) is 12.5 Å². The van der Waals surface area contributed by atoms with Gasteiger partial charge in [0.15, 0.2) is 11.6 Å². The summed E-state index contributed by atoms with van der Waals surface area (Å²) >= 11 is 0. The lowest BCUT2D eigenvalue weighted by Gasteiger charge is -2.08. The van der Waals surface area contributed by atoms with Gasteiger partial charge in [-0.3, -0.25) is 10.1 Å². The van der Waals surface area contributed by atoms with Gasteiger partial charge in [-0.2, -0.15) is 0 Å². The average Bonchev–Trinajstić information content (AvgIpc) is 2.93. The number of nitrogens with one attached hydrogen (secondary N) is 1. The molecule has 0 saturated carbocycles. The highest BCUT2D eigenvalue weighted by atomic mass is 19.1. The Morgan fingerprint density at radius 3 is 2.86 bits per heavy atom. The summed E-state index contributed by atoms with van der Waals surface area (Å²) in [6.07, 6.45) is 2.32. The summed E-state index contributed by atoms with van der Waals surface area (Å²) in [6.45, 7) is 2.09. The number of rotatable bonds is 6. The topological polar surface area (TPSA) is 90.4 Å². The number of anilines is 1. The number of ether oxygens (including phenoxy) is 1. The van der Waals surface area contributed by atoms with E-state index in [1.54, 1.807) is 6.20 Å². The van der Waals surface area contributed by atoms with Crippen LogP contribution in [-0.4, -0.2) is 17.0 Å². The fourth-order valence-electron chi connectivity index (χ4n) is 1.75. The van der Waals surface area contributed by atoms with Crippen molar-refractivity contribution in [1.29, 1.82) is 0 Å². The lowest BCUT2D eigenvalue weighted by molar-refractivity contribution is -0.385. The van der Waals surface area contributed by atoms with Gasteiger partial charge < -0.3 is 14.5 Å². The normalized spacial score (nSPS) is 10.4. The molecule has 0 aliphatic heterocycles. The van der Waals surface area contributed by atoms with Crippen LogP contribution in [0, 0.1) is 15.9 Å². The van der Waals surface area contributed by atoms with E-state index >= 15 is 0 Å². The average molecular weight is 295 g/mol. The number of methoxy groups -OCH3 is 1. The second-order valence-electron chi connectivity index (χ2n) is 4.19. The Balaban J connectivity index is 2.18. The highest BCUT2D eigenvalue weighted by Gasteiger charge is 2.19. The first-order valence-corrected chi connectivity index (χ1v) is 6.24. The highest BCUT2D eigenvalue weighted by Crippen LogP contribution is 2.32. The maximum atomic E-state index is 13.8. The Labute approximate surface area is 119 Å². The minimum atomic E-state index is -0.746. The van der Waals surface area contributed by atoms with Crippen LogP contribution in [0.15, 0.2) is 22.7 Å². The predicted molar refractivity (Wildman–Crippen MR) is 72.8 cm³/mol. The molecular formula is C13H14FN3O4. The van der Waals surface area contributed by atoms with Gasteiger partial charge in [-0.1, -0.05) is 6.92 Å². The zero-order chi connectivity index (χ0) is 15.4. The van der Waals surface area contributed by atoms with E-state index in [-0.39, 0.29) is 18.0 Å². The van der Waals surface area contributed by atoms with E-state index in [1.165, 1.54) is 13.2 Å². The molecule has 7 nitrogen and oxygen atoms in total. The van der Waals surface area contributed by atoms with Crippen molar-refractivity contribution < 1.29 is 18.5 Å². The summed E-state index contributed by atoms with van der Waals surface area (Å²) in [4.78, 5) is 14.1. The third-order valence-electron chi connectivity index (χ3n) is 2.85. The molecule has 8 heteroatoms. The van der Waals surface area contributed by atoms with E-state index in [0.29, 0.717) is 12.3 Å². The van der Waals surface area contributed by atoms with Gasteiger partial charge in [0.2, 0.25) is 5.89 Å². The molecule has 0 fully saturated rings. The molecule has 0 saturated heterocycles. The van der Waals surface area contributed by atoms with Crippen LogP contribution >= 0.6 is 0 Å². The summed E-state index contributed by atoms with van der Waals surface area (Å²) in [5.41, 5.74) is -0.348. The van der Waals surface area contributed by atoms with E-state index in [0.717, 1.165) is 11.8 Å². The van der Waals surface area contributed by atoms with Crippen molar-refractivity contribution in [1.82, 2.24) is 4.98 Å². The zero-order valence-corrected chi connectivity index (χ0v) is 11.6. The predicted octanol–water partition coefficient (Wildman–Crippen LogP) is 2.91. The molecule has 0 atom stereocenters. The van der Waals surface area contributed by atoms with E-state index in [9.17, 15) is 14.5 Å². The molecule has 0 amide bonds. The molecule has 0 radical (unpaired) electrons. The summed E-state index contributed by atoms with van der Waals surface area (Å²) in [6, 6.07) is 2.05. The van der Waals surface area contributed by atoms with Gasteiger partial charge in [0.1, 0.15) is 5.76 Å². The van der Waals surface area contributed by atoms with Crippen LogP contribution < -0.4 is 10.1 Å². The Kier molecular flexibility index (Phi) is 4.36. The van der Waals surface area contributed by atoms with Crippen LogP contribution in [0.1, 0.15) is 18.6 Å². The van der Waals surface area contributed by atoms with Crippen LogP contribution in [0.4, 0.5) is 15.8 Å². The highest BCUT2D eigenvalue weighted by molar-refractivity contribution is 5.59. The quantitative estimate of drug-likeness (QED) is 0.651. The van der Waals surface area contributed by atoms with Crippen molar-refractivity contribution in [2.24, 2.45) is 0 Å². The molecule has 2 aromatic rings. The number of aryl methyl sites for hydroxylation is 1. The molecule has 1 aromatic carbocycles. The molecule has 0 aliphatic rings. The van der Waals surface area contributed by atoms with E-state index in [4.69, 9.17) is 9.15 Å². The number of nitro groups is 1. The Hall–Kier alpha value is -2.64. The molecule has 1 aromatic heterocycles. The van der Waals surface area contributed by atoms with Crippen LogP contribution in [0.25, 0.3) is 0 Å². The van der Waals surface area contributed by atoms with Crippen molar-refractivity contribution in [3.63, 3.8) is 0 Å². The number of hydrogen-bond donors (Lipinski definition) is 1. The minimum absolute atomic E-state index is 0.0226. The Morgan fingerprint density at radius 2 is 2.29 bits per heavy atom. The molecule has 2 rings (SSSR count). The molecule has 0 bridgehead atoms. The number of benzene rings is 1. The molecule has 21 heavy (non-hydrogen) atoms. The summed E-state index contributed by atoms with van der Waals surface area (Å²) in [5, 5.41) is 13.5. The van der Waals surface area contributed by atoms with Gasteiger partial charge in [0.05, 0.1) is 36.5 Å². The number of nitrogens with zero attached hydrogens (tertiary/aromatic N) is 2. The second kappa shape index (κ2) is 6.21. The van der Waals surface area contributed by atoms with Gasteiger partial charge in [-0.25, -0.2) is 9.37 Å². The SMILES string of the molecule is CCc1cnc(CNc2cc(OC)c([N+](=O)[O-])cc2F)o1. The summed E-state index contributed by atoms with van der Waals surface area (Å²) < 4.78 is 24.1. The molecule has 112 valence electrons. The lowest BCUT2D eigenvalue weighted by atomic mass is 10.2. The zero-order valence-electron chi connectivity index (χ0n) is 11.6. The van der Waals surface area contributed by atoms with Crippen molar-refractivity contribution >= 4 is 11.4 Å². The number of hydrogen-bond acceptors (Lipinski definition) is 6. The van der Waals surface area contributed by atoms with Gasteiger partial charge >= 0.3 is 5.69 Å². The maximum absolute atomic E-state index is 13.8. The molecule has 0 spiro atoms. The number of halogens is 1. The second-order valence-corrected chi connectivity index (χ2v) is 4.19. The van der Waals surface area contributed by atoms with Gasteiger partial charge in [-0.05, 0) is 0 Å². The molecule has 1 N–H and O–H groups in total. The van der Waals surface area contributed by atoms with Crippen LogP contribution in [0.5, 0.6) is 5.75 Å². The summed E-state index contributed by atoms with van der Waals surface area (Å²) in [5.74, 6) is 0.368. The molecular weight excluding hydrogens is 281 g/mol. The fraction of sp³-hybridized carbons (Fsp3) is 0.308. The summed E-state index contributed by atoms with van der Waals surface area (Å²) in [7, 11) is 1.28. The van der Waals surface area contributed by atoms with Crippen molar-refractivity contribution in [2.75, 3.05) is 12.4 Å². The standard InChI is InChI=1S/C13H14FN3O4/c1-3-8-6-16-13(21-8)7-15-10-5-12(20-2)11(17(18)19)4-9(10)14/h4-6,15H,3,7H2,1-2H3. The van der Waals surface area contributed by atoms with Gasteiger partial charge in [0.25, 0.3) is 0 Å². The third-order valence-corrected chi connectivity index (χ3v) is 2.85. The van der Waals surface area contributed by atoms with Gasteiger partial charge in [-0.15, -0.1) is 0 Å². The van der Waals surface area contributed by atoms with Crippen molar-refractivity contribution in [3.8, 4) is 5.75 Å². The minimum Gasteiger partial charge on any atom is -0.490 e. The van der Waals surface area contributed by atoms with Crippen LogP contribution in [0.2, 0.25) is 0 Å². The van der Waals surface area contributed by atoms with E-state index < -0.39 is 16.4 Å². The largest absolute Gasteiger partial charge is 0.490 e. The number of oxazole rings is 1. The first kappa shape index (κ1) is 14.8. The fourth-order valence-corrected chi connectivity index (χ4v) is 1.75. The molecule has 1 heterocycles. The van der Waals surface area contributed by atoms with Crippen molar-refractivity contribution in [2.45, 2.75) is 19.9 Å². The van der Waals surface area contributed by atoms with E-state index in [2.05, 4.69) is 10.3 Å². The molecule has 0 aliphatic carbocycles. The lowest BCUT2D eigenvalue weighted by Crippen LogP contribution is -2.03. The Bertz CT molecular complexity index is 657. The Morgan fingerprint density at radius 1 is 1.52 bits per heavy atom. The first-order chi connectivity index (χ1) is 10.0. The van der Waals surface area contributed by atoms with Crippen LogP contribution in [0.3, 0.4) is 0 Å². The van der Waals surface area contributed by atoms with Crippen LogP contribution in [-0.2, 0) is 13.0 Å².